The van der Waals surface area contributed by atoms with Crippen LogP contribution >= 0.6 is 15.6 Å². The molecule has 0 saturated carbocycles. The fourth-order valence-electron chi connectivity index (χ4n) is 11.2. The molecule has 0 aliphatic carbocycles. The summed E-state index contributed by atoms with van der Waals surface area (Å²) in [5, 5.41) is 10.7. The Bertz CT molecular complexity index is 2350. The topological polar surface area (TPSA) is 237 Å². The van der Waals surface area contributed by atoms with E-state index in [0.29, 0.717) is 32.1 Å². The number of phosphoric ester groups is 2. The number of carbonyl (C=O) groups is 4. The number of allylic oxidation sites excluding steroid dienone is 16. The van der Waals surface area contributed by atoms with Crippen LogP contribution in [0.4, 0.5) is 0 Å². The lowest BCUT2D eigenvalue weighted by molar-refractivity contribution is -0.161. The Kier molecular flexibility index (Phi) is 74.2. The molecule has 0 radical (unpaired) electrons. The maximum absolute atomic E-state index is 13.1. The molecule has 0 aromatic carbocycles. The predicted octanol–water partition coefficient (Wildman–Crippen LogP) is 24.3. The van der Waals surface area contributed by atoms with Gasteiger partial charge in [-0.25, -0.2) is 9.13 Å². The van der Waals surface area contributed by atoms with E-state index in [9.17, 15) is 43.2 Å². The highest BCUT2D eigenvalue weighted by Crippen LogP contribution is 2.45. The molecule has 0 aromatic rings. The molecule has 0 aliphatic heterocycles. The van der Waals surface area contributed by atoms with Gasteiger partial charge in [0.05, 0.1) is 26.4 Å². The molecule has 2 unspecified atom stereocenters. The van der Waals surface area contributed by atoms with E-state index in [0.717, 1.165) is 128 Å². The summed E-state index contributed by atoms with van der Waals surface area (Å²) in [6.07, 6.45) is 82.5. The molecule has 104 heavy (non-hydrogen) atoms. The van der Waals surface area contributed by atoms with Crippen molar-refractivity contribution in [1.82, 2.24) is 0 Å². The molecule has 0 fully saturated rings. The summed E-state index contributed by atoms with van der Waals surface area (Å²) in [6, 6.07) is 0. The van der Waals surface area contributed by atoms with Gasteiger partial charge in [0.2, 0.25) is 0 Å². The van der Waals surface area contributed by atoms with E-state index in [-0.39, 0.29) is 25.7 Å². The molecule has 0 aliphatic rings. The van der Waals surface area contributed by atoms with Gasteiger partial charge in [0.1, 0.15) is 19.3 Å². The molecule has 0 spiro atoms. The van der Waals surface area contributed by atoms with Gasteiger partial charge in [0.15, 0.2) is 12.2 Å². The van der Waals surface area contributed by atoms with Crippen LogP contribution in [0, 0.1) is 0 Å². The first-order chi connectivity index (χ1) is 50.7. The van der Waals surface area contributed by atoms with Gasteiger partial charge in [0, 0.05) is 25.7 Å². The summed E-state index contributed by atoms with van der Waals surface area (Å²) >= 11 is 0. The normalized spacial score (nSPS) is 14.3. The second kappa shape index (κ2) is 77.1. The number of rotatable bonds is 78. The van der Waals surface area contributed by atoms with Crippen molar-refractivity contribution in [1.29, 1.82) is 0 Å². The van der Waals surface area contributed by atoms with Crippen LogP contribution < -0.4 is 0 Å². The van der Waals surface area contributed by atoms with Gasteiger partial charge in [-0.05, 0) is 116 Å². The Morgan fingerprint density at radius 1 is 0.279 bits per heavy atom. The van der Waals surface area contributed by atoms with Crippen LogP contribution in [0.25, 0.3) is 0 Å². The van der Waals surface area contributed by atoms with Crippen LogP contribution in [0.5, 0.6) is 0 Å². The van der Waals surface area contributed by atoms with Gasteiger partial charge < -0.3 is 33.8 Å². The largest absolute Gasteiger partial charge is 0.472 e. The summed E-state index contributed by atoms with van der Waals surface area (Å²) in [7, 11) is -9.98. The zero-order chi connectivity index (χ0) is 76.0. The first kappa shape index (κ1) is 100.0. The number of hydrogen-bond acceptors (Lipinski definition) is 15. The number of esters is 4. The highest BCUT2D eigenvalue weighted by Gasteiger charge is 2.30. The first-order valence-electron chi connectivity index (χ1n) is 41.5. The van der Waals surface area contributed by atoms with Crippen LogP contribution in [0.3, 0.4) is 0 Å². The Hall–Kier alpha value is -4.02. The van der Waals surface area contributed by atoms with Gasteiger partial charge in [-0.3, -0.25) is 37.3 Å². The summed E-state index contributed by atoms with van der Waals surface area (Å²) < 4.78 is 68.6. The molecule has 0 saturated heterocycles. The average Bonchev–Trinajstić information content (AvgIpc) is 0.943. The van der Waals surface area contributed by atoms with Crippen LogP contribution in [-0.4, -0.2) is 96.7 Å². The maximum Gasteiger partial charge on any atom is 0.472 e. The van der Waals surface area contributed by atoms with Crippen molar-refractivity contribution in [3.05, 3.63) is 97.2 Å². The van der Waals surface area contributed by atoms with E-state index < -0.39 is 97.5 Å². The van der Waals surface area contributed by atoms with Gasteiger partial charge >= 0.3 is 39.5 Å². The Balaban J connectivity index is 5.42. The Labute approximate surface area is 633 Å². The van der Waals surface area contributed by atoms with Crippen LogP contribution in [0.1, 0.15) is 362 Å². The molecular formula is C85H150O17P2. The van der Waals surface area contributed by atoms with Crippen molar-refractivity contribution >= 4 is 39.5 Å². The van der Waals surface area contributed by atoms with Crippen molar-refractivity contribution in [2.24, 2.45) is 0 Å². The molecule has 0 bridgehead atoms. The first-order valence-corrected chi connectivity index (χ1v) is 44.5. The third-order valence-corrected chi connectivity index (χ3v) is 19.4. The van der Waals surface area contributed by atoms with Crippen molar-refractivity contribution in [3.63, 3.8) is 0 Å². The van der Waals surface area contributed by atoms with Gasteiger partial charge in [-0.2, -0.15) is 0 Å². The van der Waals surface area contributed by atoms with Crippen molar-refractivity contribution in [3.8, 4) is 0 Å². The fraction of sp³-hybridized carbons (Fsp3) is 0.765. The number of aliphatic hydroxyl groups excluding tert-OH is 1. The molecule has 602 valence electrons. The molecule has 0 rings (SSSR count). The lowest BCUT2D eigenvalue weighted by Gasteiger charge is -2.21. The minimum atomic E-state index is -5.00. The smallest absolute Gasteiger partial charge is 0.462 e. The zero-order valence-electron chi connectivity index (χ0n) is 65.9. The molecule has 0 aromatic heterocycles. The summed E-state index contributed by atoms with van der Waals surface area (Å²) in [4.78, 5) is 73.1. The highest BCUT2D eigenvalue weighted by molar-refractivity contribution is 7.47. The second-order valence-corrected chi connectivity index (χ2v) is 30.6. The summed E-state index contributed by atoms with van der Waals surface area (Å²) in [5.41, 5.74) is 0. The fourth-order valence-corrected chi connectivity index (χ4v) is 12.8. The van der Waals surface area contributed by atoms with Gasteiger partial charge in [0.25, 0.3) is 0 Å². The van der Waals surface area contributed by atoms with Gasteiger partial charge in [-0.15, -0.1) is 0 Å². The molecule has 5 atom stereocenters. The number of phosphoric acid groups is 2. The van der Waals surface area contributed by atoms with E-state index in [1.54, 1.807) is 0 Å². The highest BCUT2D eigenvalue weighted by atomic mass is 31.2. The standard InChI is InChI=1S/C85H150O17P2/c1-5-9-13-17-21-25-29-33-37-38-39-40-44-48-52-56-60-64-68-72-85(90)102-81(76-96-83(88)70-66-62-58-54-50-46-42-35-31-27-23-19-15-11-7-3)78-100-104(93,94)98-74-79(86)73-97-103(91,92)99-77-80(101-84(89)71-67-63-59-55-51-47-43-36-32-28-24-20-16-12-8-4)75-95-82(87)69-65-61-57-53-49-45-41-34-30-26-22-18-14-10-6-2/h9,13,21,25,33-34,36-37,39-41,43,48,52,60,64,79-81,86H,5-8,10-12,14-20,22-24,26-32,35,38,42,44-47,49-51,53-59,61-63,65-78H2,1-4H3,(H,91,92)(H,93,94)/b13-9-,25-21-,37-33-,40-39-,41-34-,43-36-,52-48-,64-60-/t79-,80-,81-/m1/s1. The van der Waals surface area contributed by atoms with E-state index in [1.807, 2.05) is 18.2 Å². The van der Waals surface area contributed by atoms with E-state index >= 15 is 0 Å². The van der Waals surface area contributed by atoms with E-state index in [2.05, 4.69) is 107 Å². The zero-order valence-corrected chi connectivity index (χ0v) is 67.7. The minimum Gasteiger partial charge on any atom is -0.462 e. The SMILES string of the molecule is CC/C=C\C/C=C\C/C=C\C/C=C\C/C=C\C/C=C\CCC(=O)O[C@H](COC(=O)CCCCCCCCCCCCCCCCC)COP(=O)(O)OC[C@H](O)COP(=O)(O)OC[C@@H](COC(=O)CCCCCCC/C=C\CCCCCCCC)OC(=O)CCCCCCC/C=C\CCCCCCCC. The number of unbranched alkanes of at least 4 members (excludes halogenated alkanes) is 36. The van der Waals surface area contributed by atoms with Crippen molar-refractivity contribution in [2.75, 3.05) is 39.6 Å². The maximum atomic E-state index is 13.1. The molecule has 19 heteroatoms. The molecular weight excluding hydrogens is 1350 g/mol. The molecule has 0 amide bonds. The molecule has 0 heterocycles. The van der Waals surface area contributed by atoms with E-state index in [4.69, 9.17) is 37.0 Å². The van der Waals surface area contributed by atoms with E-state index in [1.165, 1.54) is 148 Å². The number of carbonyl (C=O) groups excluding carboxylic acids is 4. The predicted molar refractivity (Wildman–Crippen MR) is 427 cm³/mol. The summed E-state index contributed by atoms with van der Waals surface area (Å²) in [6.45, 7) is 4.71. The third kappa shape index (κ3) is 76.2. The molecule has 17 nitrogen and oxygen atoms in total. The van der Waals surface area contributed by atoms with Crippen molar-refractivity contribution in [2.45, 2.75) is 380 Å². The monoisotopic (exact) mass is 1510 g/mol. The van der Waals surface area contributed by atoms with Crippen LogP contribution in [-0.2, 0) is 65.4 Å². The van der Waals surface area contributed by atoms with Gasteiger partial charge in [-0.1, -0.05) is 318 Å². The van der Waals surface area contributed by atoms with Crippen LogP contribution in [0.15, 0.2) is 97.2 Å². The quantitative estimate of drug-likeness (QED) is 0.0169. The lowest BCUT2D eigenvalue weighted by atomic mass is 10.0. The Morgan fingerprint density at radius 2 is 0.519 bits per heavy atom. The van der Waals surface area contributed by atoms with Crippen molar-refractivity contribution < 1.29 is 80.2 Å². The second-order valence-electron chi connectivity index (χ2n) is 27.7. The lowest BCUT2D eigenvalue weighted by Crippen LogP contribution is -2.30. The third-order valence-electron chi connectivity index (χ3n) is 17.5. The summed E-state index contributed by atoms with van der Waals surface area (Å²) in [5.74, 6) is -2.27. The Morgan fingerprint density at radius 3 is 0.827 bits per heavy atom. The molecule has 3 N–H and O–H groups in total. The number of ether oxygens (including phenoxy) is 4. The minimum absolute atomic E-state index is 0.0284. The number of hydrogen-bond donors (Lipinski definition) is 3. The number of aliphatic hydroxyl groups is 1. The average molecular weight is 1510 g/mol. The van der Waals surface area contributed by atoms with Crippen LogP contribution in [0.2, 0.25) is 0 Å².